The van der Waals surface area contributed by atoms with Gasteiger partial charge in [-0.2, -0.15) is 25.1 Å². The fourth-order valence-electron chi connectivity index (χ4n) is 2.26. The zero-order chi connectivity index (χ0) is 23.1. The molecule has 0 saturated carbocycles. The topological polar surface area (TPSA) is 168 Å². The number of nitrogens with one attached hydrogen (secondary N) is 1. The molecule has 13 heteroatoms. The van der Waals surface area contributed by atoms with Crippen molar-refractivity contribution in [2.75, 3.05) is 11.5 Å². The summed E-state index contributed by atoms with van der Waals surface area (Å²) in [7, 11) is 3.62. The van der Waals surface area contributed by atoms with Crippen LogP contribution in [0.4, 0.5) is 11.4 Å². The molecule has 0 aliphatic carbocycles. The van der Waals surface area contributed by atoms with E-state index < -0.39 is 0 Å². The van der Waals surface area contributed by atoms with Gasteiger partial charge in [0.25, 0.3) is 11.1 Å². The molecule has 12 nitrogen and oxygen atoms in total. The Bertz CT molecular complexity index is 1250. The van der Waals surface area contributed by atoms with Crippen LogP contribution in [-0.2, 0) is 14.1 Å². The van der Waals surface area contributed by atoms with Gasteiger partial charge in [0.15, 0.2) is 5.82 Å². The van der Waals surface area contributed by atoms with Crippen LogP contribution in [0.25, 0.3) is 5.82 Å². The summed E-state index contributed by atoms with van der Waals surface area (Å²) in [4.78, 5) is 22.2. The predicted molar refractivity (Wildman–Crippen MR) is 121 cm³/mol. The fourth-order valence-corrected chi connectivity index (χ4v) is 2.47. The Balaban J connectivity index is 0.000000181. The van der Waals surface area contributed by atoms with Gasteiger partial charge in [-0.1, -0.05) is 0 Å². The van der Waals surface area contributed by atoms with Gasteiger partial charge in [-0.3, -0.25) is 19.0 Å². The zero-order valence-electron chi connectivity index (χ0n) is 17.4. The highest BCUT2D eigenvalue weighted by Crippen LogP contribution is 2.04. The number of rotatable bonds is 1. The molecule has 0 aliphatic heterocycles. The van der Waals surface area contributed by atoms with Crippen LogP contribution in [0.3, 0.4) is 0 Å². The molecule has 0 aromatic carbocycles. The van der Waals surface area contributed by atoms with Gasteiger partial charge in [0.2, 0.25) is 0 Å². The summed E-state index contributed by atoms with van der Waals surface area (Å²) in [6.45, 7) is 3.54. The van der Waals surface area contributed by atoms with Gasteiger partial charge in [-0.15, -0.1) is 0 Å². The Kier molecular flexibility index (Phi) is 7.85. The second kappa shape index (κ2) is 10.3. The SMILES string of the molecule is Cc1cc(N)c(=O)[nH]n1.Cc1cc(N)c(=O)n(-c2ccnn2C)n1.Cn1nccc1Br. The van der Waals surface area contributed by atoms with Crippen molar-refractivity contribution < 1.29 is 0 Å². The first-order valence-corrected chi connectivity index (χ1v) is 9.69. The lowest BCUT2D eigenvalue weighted by molar-refractivity contribution is 0.671. The Labute approximate surface area is 185 Å². The largest absolute Gasteiger partial charge is 0.394 e. The first-order valence-electron chi connectivity index (χ1n) is 8.90. The second-order valence-corrected chi connectivity index (χ2v) is 7.15. The summed E-state index contributed by atoms with van der Waals surface area (Å²) in [6, 6.07) is 6.67. The molecule has 0 amide bonds. The maximum Gasteiger partial charge on any atom is 0.296 e. The predicted octanol–water partition coefficient (Wildman–Crippen LogP) is 0.700. The number of anilines is 2. The van der Waals surface area contributed by atoms with E-state index in [1.807, 2.05) is 13.1 Å². The number of aryl methyl sites for hydroxylation is 4. The van der Waals surface area contributed by atoms with Gasteiger partial charge >= 0.3 is 0 Å². The van der Waals surface area contributed by atoms with Crippen molar-refractivity contribution in [2.45, 2.75) is 13.8 Å². The molecule has 164 valence electrons. The third kappa shape index (κ3) is 6.37. The van der Waals surface area contributed by atoms with Crippen LogP contribution in [0.1, 0.15) is 11.4 Å². The van der Waals surface area contributed by atoms with Gasteiger partial charge in [0.05, 0.1) is 23.8 Å². The molecule has 0 spiro atoms. The highest BCUT2D eigenvalue weighted by Gasteiger charge is 2.08. The van der Waals surface area contributed by atoms with Gasteiger partial charge in [0.1, 0.15) is 16.0 Å². The Morgan fingerprint density at radius 1 is 0.935 bits per heavy atom. The minimum atomic E-state index is -0.333. The van der Waals surface area contributed by atoms with E-state index >= 15 is 0 Å². The maximum absolute atomic E-state index is 11.7. The Hall–Kier alpha value is -3.74. The number of hydrogen-bond donors (Lipinski definition) is 3. The minimum absolute atomic E-state index is 0.184. The molecular formula is C18H23BrN10O2. The van der Waals surface area contributed by atoms with Crippen molar-refractivity contribution in [2.24, 2.45) is 14.1 Å². The molecule has 4 aromatic rings. The van der Waals surface area contributed by atoms with Gasteiger partial charge in [0, 0.05) is 20.2 Å². The molecule has 5 N–H and O–H groups in total. The molecule has 4 aromatic heterocycles. The van der Waals surface area contributed by atoms with Crippen LogP contribution in [0, 0.1) is 13.8 Å². The highest BCUT2D eigenvalue weighted by atomic mass is 79.9. The van der Waals surface area contributed by atoms with Gasteiger partial charge in [-0.05, 0) is 48.0 Å². The highest BCUT2D eigenvalue weighted by molar-refractivity contribution is 9.10. The lowest BCUT2D eigenvalue weighted by Crippen LogP contribution is -2.26. The summed E-state index contributed by atoms with van der Waals surface area (Å²) >= 11 is 3.27. The third-order valence-electron chi connectivity index (χ3n) is 3.79. The molecule has 0 aliphatic rings. The molecule has 0 saturated heterocycles. The molecule has 4 rings (SSSR count). The van der Waals surface area contributed by atoms with Crippen LogP contribution in [0.5, 0.6) is 0 Å². The first-order chi connectivity index (χ1) is 14.6. The number of halogens is 1. The van der Waals surface area contributed by atoms with E-state index in [9.17, 15) is 9.59 Å². The molecule has 0 radical (unpaired) electrons. The fraction of sp³-hybridized carbons (Fsp3) is 0.222. The lowest BCUT2D eigenvalue weighted by atomic mass is 10.4. The summed E-state index contributed by atoms with van der Waals surface area (Å²) in [6.07, 6.45) is 3.34. The maximum atomic E-state index is 11.7. The number of nitrogen functional groups attached to an aromatic ring is 2. The second-order valence-electron chi connectivity index (χ2n) is 6.34. The van der Waals surface area contributed by atoms with Crippen molar-refractivity contribution in [1.82, 2.24) is 39.5 Å². The lowest BCUT2D eigenvalue weighted by Gasteiger charge is -2.06. The average Bonchev–Trinajstić information content (AvgIpc) is 3.30. The number of nitrogens with two attached hydrogens (primary N) is 2. The molecule has 0 fully saturated rings. The minimum Gasteiger partial charge on any atom is -0.394 e. The number of nitrogens with zero attached hydrogens (tertiary/aromatic N) is 7. The van der Waals surface area contributed by atoms with Crippen molar-refractivity contribution in [3.05, 3.63) is 73.4 Å². The molecule has 0 bridgehead atoms. The Morgan fingerprint density at radius 3 is 2.00 bits per heavy atom. The van der Waals surface area contributed by atoms with Crippen LogP contribution in [0.2, 0.25) is 0 Å². The summed E-state index contributed by atoms with van der Waals surface area (Å²) in [5.41, 5.74) is 11.9. The average molecular weight is 491 g/mol. The van der Waals surface area contributed by atoms with Crippen LogP contribution < -0.4 is 22.6 Å². The first kappa shape index (κ1) is 23.5. The summed E-state index contributed by atoms with van der Waals surface area (Å²) in [5, 5.41) is 17.8. The van der Waals surface area contributed by atoms with E-state index in [1.165, 1.54) is 10.7 Å². The Morgan fingerprint density at radius 2 is 1.55 bits per heavy atom. The quantitative estimate of drug-likeness (QED) is 0.350. The van der Waals surface area contributed by atoms with E-state index in [0.717, 1.165) is 4.60 Å². The van der Waals surface area contributed by atoms with Crippen LogP contribution >= 0.6 is 15.9 Å². The van der Waals surface area contributed by atoms with Crippen LogP contribution in [0.15, 0.2) is 50.9 Å². The number of H-pyrrole nitrogens is 1. The summed E-state index contributed by atoms with van der Waals surface area (Å²) in [5.74, 6) is 0.593. The van der Waals surface area contributed by atoms with Gasteiger partial charge in [-0.25, -0.2) is 5.10 Å². The zero-order valence-corrected chi connectivity index (χ0v) is 19.0. The number of aromatic nitrogens is 8. The molecule has 4 heterocycles. The number of aromatic amines is 1. The molecule has 31 heavy (non-hydrogen) atoms. The van der Waals surface area contributed by atoms with E-state index in [2.05, 4.69) is 41.4 Å². The standard InChI is InChI=1S/C9H11N5O.C5H7N3O.C4H5BrN2/c1-6-5-7(10)9(15)14(12-6)8-3-4-11-13(8)2;1-3-2-4(6)5(9)8-7-3;1-7-4(5)2-3-6-7/h3-5H,10H2,1-2H3;2H,1H3,(H2,6,7)(H,8,9);2-3H,1H3. The van der Waals surface area contributed by atoms with Crippen molar-refractivity contribution >= 4 is 27.3 Å². The normalized spacial score (nSPS) is 9.97. The van der Waals surface area contributed by atoms with E-state index in [1.54, 1.807) is 54.8 Å². The van der Waals surface area contributed by atoms with Crippen molar-refractivity contribution in [3.8, 4) is 5.82 Å². The molecular weight excluding hydrogens is 468 g/mol. The van der Waals surface area contributed by atoms with E-state index in [0.29, 0.717) is 17.2 Å². The van der Waals surface area contributed by atoms with Gasteiger partial charge < -0.3 is 11.5 Å². The van der Waals surface area contributed by atoms with E-state index in [4.69, 9.17) is 11.5 Å². The van der Waals surface area contributed by atoms with E-state index in [-0.39, 0.29) is 22.5 Å². The van der Waals surface area contributed by atoms with Crippen molar-refractivity contribution in [1.29, 1.82) is 0 Å². The molecule has 0 unspecified atom stereocenters. The van der Waals surface area contributed by atoms with Crippen molar-refractivity contribution in [3.63, 3.8) is 0 Å². The summed E-state index contributed by atoms with van der Waals surface area (Å²) < 4.78 is 5.57. The smallest absolute Gasteiger partial charge is 0.296 e. The number of hydrogen-bond acceptors (Lipinski definition) is 8. The third-order valence-corrected chi connectivity index (χ3v) is 4.57. The molecule has 0 atom stereocenters. The monoisotopic (exact) mass is 490 g/mol. The van der Waals surface area contributed by atoms with Crippen LogP contribution in [-0.4, -0.2) is 39.5 Å².